The summed E-state index contributed by atoms with van der Waals surface area (Å²) in [5.41, 5.74) is 2.86. The Morgan fingerprint density at radius 1 is 1.11 bits per heavy atom. The van der Waals surface area contributed by atoms with E-state index in [2.05, 4.69) is 10.2 Å². The van der Waals surface area contributed by atoms with Gasteiger partial charge in [0.25, 0.3) is 0 Å². The zero-order valence-electron chi connectivity index (χ0n) is 15.7. The minimum Gasteiger partial charge on any atom is -0.494 e. The summed E-state index contributed by atoms with van der Waals surface area (Å²) in [6.45, 7) is 4.84. The van der Waals surface area contributed by atoms with Gasteiger partial charge in [-0.1, -0.05) is 12.1 Å². The van der Waals surface area contributed by atoms with Gasteiger partial charge in [0, 0.05) is 36.8 Å². The maximum atomic E-state index is 12.5. The number of nitrogens with one attached hydrogen (secondary N) is 1. The van der Waals surface area contributed by atoms with Gasteiger partial charge in [0.15, 0.2) is 0 Å². The van der Waals surface area contributed by atoms with Crippen molar-refractivity contribution in [3.05, 3.63) is 59.7 Å². The minimum atomic E-state index is 0.0539. The molecule has 1 amide bonds. The van der Waals surface area contributed by atoms with Crippen molar-refractivity contribution in [2.45, 2.75) is 26.3 Å². The number of rotatable bonds is 7. The highest BCUT2D eigenvalue weighted by atomic mass is 16.5. The molecule has 142 valence electrons. The Hall–Kier alpha value is -2.82. The van der Waals surface area contributed by atoms with Gasteiger partial charge in [0.2, 0.25) is 5.91 Å². The number of amides is 1. The molecule has 3 rings (SSSR count). The maximum Gasteiger partial charge on any atom is 0.223 e. The first kappa shape index (κ1) is 19.0. The molecule has 1 saturated heterocycles. The van der Waals surface area contributed by atoms with E-state index in [4.69, 9.17) is 4.74 Å². The van der Waals surface area contributed by atoms with E-state index in [9.17, 15) is 9.59 Å². The molecule has 0 bridgehead atoms. The topological polar surface area (TPSA) is 58.6 Å². The van der Waals surface area contributed by atoms with E-state index in [0.717, 1.165) is 49.2 Å². The van der Waals surface area contributed by atoms with Gasteiger partial charge in [-0.05, 0) is 61.7 Å². The third-order valence-corrected chi connectivity index (χ3v) is 4.96. The van der Waals surface area contributed by atoms with Crippen molar-refractivity contribution in [2.24, 2.45) is 5.92 Å². The van der Waals surface area contributed by atoms with Crippen molar-refractivity contribution < 1.29 is 14.3 Å². The Labute approximate surface area is 160 Å². The molecule has 0 unspecified atom stereocenters. The molecule has 2 aromatic carbocycles. The van der Waals surface area contributed by atoms with Crippen LogP contribution in [0.5, 0.6) is 5.75 Å². The number of anilines is 1. The molecule has 2 aromatic rings. The summed E-state index contributed by atoms with van der Waals surface area (Å²) in [6, 6.07) is 15.4. The molecule has 0 aliphatic carbocycles. The Kier molecular flexibility index (Phi) is 6.47. The SMILES string of the molecule is CCOc1ccc(CNC(=O)C2CCN(c3ccc(C=O)cc3)CC2)cc1. The highest BCUT2D eigenvalue weighted by molar-refractivity contribution is 5.79. The van der Waals surface area contributed by atoms with Crippen LogP contribution in [-0.2, 0) is 11.3 Å². The average Bonchev–Trinajstić information content (AvgIpc) is 2.73. The van der Waals surface area contributed by atoms with E-state index in [1.54, 1.807) is 0 Å². The van der Waals surface area contributed by atoms with Crippen LogP contribution in [0.2, 0.25) is 0 Å². The molecule has 1 N–H and O–H groups in total. The van der Waals surface area contributed by atoms with Gasteiger partial charge in [-0.2, -0.15) is 0 Å². The van der Waals surface area contributed by atoms with Gasteiger partial charge in [-0.15, -0.1) is 0 Å². The van der Waals surface area contributed by atoms with Gasteiger partial charge >= 0.3 is 0 Å². The van der Waals surface area contributed by atoms with E-state index >= 15 is 0 Å². The van der Waals surface area contributed by atoms with E-state index in [0.29, 0.717) is 18.7 Å². The number of carbonyl (C=O) groups excluding carboxylic acids is 2. The second-order valence-corrected chi connectivity index (χ2v) is 6.77. The van der Waals surface area contributed by atoms with Gasteiger partial charge in [0.05, 0.1) is 6.61 Å². The zero-order valence-corrected chi connectivity index (χ0v) is 15.7. The highest BCUT2D eigenvalue weighted by Crippen LogP contribution is 2.23. The van der Waals surface area contributed by atoms with E-state index in [1.165, 1.54) is 0 Å². The predicted molar refractivity (Wildman–Crippen MR) is 106 cm³/mol. The van der Waals surface area contributed by atoms with Crippen LogP contribution < -0.4 is 15.0 Å². The van der Waals surface area contributed by atoms with Crippen LogP contribution in [0.3, 0.4) is 0 Å². The van der Waals surface area contributed by atoms with Crippen molar-refractivity contribution >= 4 is 17.9 Å². The van der Waals surface area contributed by atoms with Crippen LogP contribution in [0, 0.1) is 5.92 Å². The van der Waals surface area contributed by atoms with Crippen LogP contribution >= 0.6 is 0 Å². The number of ether oxygens (including phenoxy) is 1. The molecule has 0 saturated carbocycles. The molecular formula is C22H26N2O3. The summed E-state index contributed by atoms with van der Waals surface area (Å²) >= 11 is 0. The predicted octanol–water partition coefficient (Wildman–Crippen LogP) is 3.43. The van der Waals surface area contributed by atoms with E-state index in [-0.39, 0.29) is 11.8 Å². The van der Waals surface area contributed by atoms with Gasteiger partial charge in [-0.3, -0.25) is 9.59 Å². The summed E-state index contributed by atoms with van der Waals surface area (Å²) in [7, 11) is 0. The van der Waals surface area contributed by atoms with Crippen LogP contribution in [0.4, 0.5) is 5.69 Å². The van der Waals surface area contributed by atoms with Crippen LogP contribution in [0.25, 0.3) is 0 Å². The third kappa shape index (κ3) is 5.09. The fourth-order valence-corrected chi connectivity index (χ4v) is 3.37. The molecule has 1 heterocycles. The van der Waals surface area contributed by atoms with Gasteiger partial charge < -0.3 is 15.0 Å². The quantitative estimate of drug-likeness (QED) is 0.763. The molecule has 5 heteroatoms. The molecule has 5 nitrogen and oxygen atoms in total. The van der Waals surface area contributed by atoms with E-state index in [1.807, 2.05) is 55.5 Å². The standard InChI is InChI=1S/C22H26N2O3/c1-2-27-21-9-5-17(6-10-21)15-23-22(26)19-11-13-24(14-12-19)20-7-3-18(16-25)4-8-20/h3-10,16,19H,2,11-15H2,1H3,(H,23,26). The Bertz CT molecular complexity index is 748. The second-order valence-electron chi connectivity index (χ2n) is 6.77. The lowest BCUT2D eigenvalue weighted by Gasteiger charge is -2.33. The van der Waals surface area contributed by atoms with Crippen molar-refractivity contribution in [1.29, 1.82) is 0 Å². The summed E-state index contributed by atoms with van der Waals surface area (Å²) in [5, 5.41) is 3.05. The highest BCUT2D eigenvalue weighted by Gasteiger charge is 2.24. The number of hydrogen-bond acceptors (Lipinski definition) is 4. The molecule has 0 aromatic heterocycles. The van der Waals surface area contributed by atoms with Crippen molar-refractivity contribution in [3.8, 4) is 5.75 Å². The third-order valence-electron chi connectivity index (χ3n) is 4.96. The zero-order chi connectivity index (χ0) is 19.1. The molecule has 0 atom stereocenters. The summed E-state index contributed by atoms with van der Waals surface area (Å²) in [4.78, 5) is 25.5. The monoisotopic (exact) mass is 366 g/mol. The molecule has 1 fully saturated rings. The number of piperidine rings is 1. The normalized spacial score (nSPS) is 14.6. The Morgan fingerprint density at radius 3 is 2.37 bits per heavy atom. The first-order valence-electron chi connectivity index (χ1n) is 9.49. The first-order valence-corrected chi connectivity index (χ1v) is 9.49. The lowest BCUT2D eigenvalue weighted by atomic mass is 9.95. The molecule has 0 spiro atoms. The Morgan fingerprint density at radius 2 is 1.78 bits per heavy atom. The van der Waals surface area contributed by atoms with Crippen LogP contribution in [0.1, 0.15) is 35.7 Å². The smallest absolute Gasteiger partial charge is 0.223 e. The molecule has 27 heavy (non-hydrogen) atoms. The lowest BCUT2D eigenvalue weighted by molar-refractivity contribution is -0.125. The van der Waals surface area contributed by atoms with Crippen LogP contribution in [0.15, 0.2) is 48.5 Å². The summed E-state index contributed by atoms with van der Waals surface area (Å²) in [6.07, 6.45) is 2.53. The number of hydrogen-bond donors (Lipinski definition) is 1. The fraction of sp³-hybridized carbons (Fsp3) is 0.364. The van der Waals surface area contributed by atoms with Crippen molar-refractivity contribution in [3.63, 3.8) is 0 Å². The lowest BCUT2D eigenvalue weighted by Crippen LogP contribution is -2.40. The average molecular weight is 366 g/mol. The van der Waals surface area contributed by atoms with Gasteiger partial charge in [0.1, 0.15) is 12.0 Å². The summed E-state index contributed by atoms with van der Waals surface area (Å²) < 4.78 is 5.43. The summed E-state index contributed by atoms with van der Waals surface area (Å²) in [5.74, 6) is 1.03. The first-order chi connectivity index (χ1) is 13.2. The van der Waals surface area contributed by atoms with E-state index < -0.39 is 0 Å². The van der Waals surface area contributed by atoms with Crippen molar-refractivity contribution in [1.82, 2.24) is 5.32 Å². The maximum absolute atomic E-state index is 12.5. The molecular weight excluding hydrogens is 340 g/mol. The van der Waals surface area contributed by atoms with Crippen molar-refractivity contribution in [2.75, 3.05) is 24.6 Å². The largest absolute Gasteiger partial charge is 0.494 e. The van der Waals surface area contributed by atoms with Gasteiger partial charge in [-0.25, -0.2) is 0 Å². The fourth-order valence-electron chi connectivity index (χ4n) is 3.37. The molecule has 0 radical (unpaired) electrons. The molecule has 1 aliphatic rings. The Balaban J connectivity index is 1.45. The number of carbonyl (C=O) groups is 2. The number of aldehydes is 1. The molecule has 1 aliphatic heterocycles. The number of benzene rings is 2. The second kappa shape index (κ2) is 9.21. The minimum absolute atomic E-state index is 0.0539. The number of nitrogens with zero attached hydrogens (tertiary/aromatic N) is 1. The van der Waals surface area contributed by atoms with Crippen LogP contribution in [-0.4, -0.2) is 31.9 Å².